The van der Waals surface area contributed by atoms with E-state index in [1.165, 1.54) is 4.68 Å². The molecule has 0 bridgehead atoms. The van der Waals surface area contributed by atoms with Crippen LogP contribution in [0.15, 0.2) is 51.9 Å². The van der Waals surface area contributed by atoms with Gasteiger partial charge >= 0.3 is 0 Å². The maximum absolute atomic E-state index is 12.4. The number of anilines is 1. The Kier molecular flexibility index (Phi) is 5.08. The molecule has 5 nitrogen and oxygen atoms in total. The van der Waals surface area contributed by atoms with Gasteiger partial charge in [0.15, 0.2) is 0 Å². The monoisotopic (exact) mass is 401 g/mol. The van der Waals surface area contributed by atoms with Crippen molar-refractivity contribution >= 4 is 32.4 Å². The van der Waals surface area contributed by atoms with E-state index in [0.717, 1.165) is 22.1 Å². The van der Waals surface area contributed by atoms with Crippen molar-refractivity contribution in [3.05, 3.63) is 63.0 Å². The number of methoxy groups -OCH3 is 1. The molecule has 0 radical (unpaired) electrons. The van der Waals surface area contributed by atoms with Crippen molar-refractivity contribution in [1.82, 2.24) is 9.78 Å². The Labute approximate surface area is 154 Å². The first kappa shape index (κ1) is 17.5. The number of hydrogen-bond acceptors (Lipinski definition) is 4. The molecule has 3 aromatic rings. The zero-order valence-electron chi connectivity index (χ0n) is 14.4. The molecule has 25 heavy (non-hydrogen) atoms. The SMILES string of the molecule is COc1ccc2ccccc2c1CNc1cnn(C(C)C)c(=O)c1Br. The molecule has 1 heterocycles. The molecule has 0 fully saturated rings. The second-order valence-electron chi connectivity index (χ2n) is 6.04. The fourth-order valence-corrected chi connectivity index (χ4v) is 3.23. The fraction of sp³-hybridized carbons (Fsp3) is 0.263. The van der Waals surface area contributed by atoms with Crippen molar-refractivity contribution in [2.75, 3.05) is 12.4 Å². The van der Waals surface area contributed by atoms with Gasteiger partial charge in [0.25, 0.3) is 5.56 Å². The molecular weight excluding hydrogens is 382 g/mol. The predicted molar refractivity (Wildman–Crippen MR) is 104 cm³/mol. The van der Waals surface area contributed by atoms with Crippen LogP contribution in [-0.2, 0) is 6.54 Å². The van der Waals surface area contributed by atoms with Crippen LogP contribution >= 0.6 is 15.9 Å². The molecule has 1 N–H and O–H groups in total. The Morgan fingerprint density at radius 3 is 2.72 bits per heavy atom. The lowest BCUT2D eigenvalue weighted by Gasteiger charge is -2.15. The number of fused-ring (bicyclic) bond motifs is 1. The second-order valence-corrected chi connectivity index (χ2v) is 6.83. The maximum Gasteiger partial charge on any atom is 0.283 e. The standard InChI is InChI=1S/C19H20BrN3O2/c1-12(2)23-19(24)18(20)16(11-22-23)21-10-15-14-7-5-4-6-13(14)8-9-17(15)25-3/h4-9,11-12,21H,10H2,1-3H3. The first-order valence-corrected chi connectivity index (χ1v) is 8.88. The number of aromatic nitrogens is 2. The van der Waals surface area contributed by atoms with Gasteiger partial charge in [0.05, 0.1) is 25.0 Å². The van der Waals surface area contributed by atoms with Crippen LogP contribution in [0, 0.1) is 0 Å². The summed E-state index contributed by atoms with van der Waals surface area (Å²) in [5.41, 5.74) is 1.56. The molecule has 1 aromatic heterocycles. The van der Waals surface area contributed by atoms with Crippen molar-refractivity contribution in [2.24, 2.45) is 0 Å². The quantitative estimate of drug-likeness (QED) is 0.689. The van der Waals surface area contributed by atoms with Gasteiger partial charge in [-0.3, -0.25) is 4.79 Å². The summed E-state index contributed by atoms with van der Waals surface area (Å²) >= 11 is 3.39. The Hall–Kier alpha value is -2.34. The molecule has 0 atom stereocenters. The van der Waals surface area contributed by atoms with E-state index in [-0.39, 0.29) is 11.6 Å². The average Bonchev–Trinajstić information content (AvgIpc) is 2.62. The molecule has 0 spiro atoms. The molecule has 130 valence electrons. The zero-order valence-corrected chi connectivity index (χ0v) is 16.0. The van der Waals surface area contributed by atoms with E-state index in [1.54, 1.807) is 13.3 Å². The van der Waals surface area contributed by atoms with Crippen LogP contribution in [-0.4, -0.2) is 16.9 Å². The lowest BCUT2D eigenvalue weighted by atomic mass is 10.0. The summed E-state index contributed by atoms with van der Waals surface area (Å²) in [6.07, 6.45) is 1.67. The van der Waals surface area contributed by atoms with Crippen molar-refractivity contribution in [3.63, 3.8) is 0 Å². The van der Waals surface area contributed by atoms with Crippen molar-refractivity contribution in [1.29, 1.82) is 0 Å². The third kappa shape index (κ3) is 3.39. The molecule has 0 aliphatic heterocycles. The van der Waals surface area contributed by atoms with Crippen LogP contribution < -0.4 is 15.6 Å². The highest BCUT2D eigenvalue weighted by molar-refractivity contribution is 9.10. The van der Waals surface area contributed by atoms with Gasteiger partial charge in [0.1, 0.15) is 10.2 Å². The third-order valence-electron chi connectivity index (χ3n) is 4.11. The van der Waals surface area contributed by atoms with Gasteiger partial charge in [0.2, 0.25) is 0 Å². The van der Waals surface area contributed by atoms with Crippen LogP contribution in [0.5, 0.6) is 5.75 Å². The highest BCUT2D eigenvalue weighted by atomic mass is 79.9. The second kappa shape index (κ2) is 7.27. The van der Waals surface area contributed by atoms with Gasteiger partial charge < -0.3 is 10.1 Å². The summed E-state index contributed by atoms with van der Waals surface area (Å²) in [5, 5.41) is 9.80. The lowest BCUT2D eigenvalue weighted by molar-refractivity contribution is 0.411. The van der Waals surface area contributed by atoms with E-state index in [0.29, 0.717) is 16.7 Å². The Morgan fingerprint density at radius 1 is 1.24 bits per heavy atom. The normalized spacial score (nSPS) is 11.1. The van der Waals surface area contributed by atoms with E-state index in [4.69, 9.17) is 4.74 Å². The molecule has 0 amide bonds. The van der Waals surface area contributed by atoms with Crippen molar-refractivity contribution in [2.45, 2.75) is 26.4 Å². The van der Waals surface area contributed by atoms with Crippen molar-refractivity contribution < 1.29 is 4.74 Å². The van der Waals surface area contributed by atoms with Crippen molar-refractivity contribution in [3.8, 4) is 5.75 Å². The van der Waals surface area contributed by atoms with Crippen LogP contribution in [0.4, 0.5) is 5.69 Å². The highest BCUT2D eigenvalue weighted by Gasteiger charge is 2.13. The molecule has 3 rings (SSSR count). The highest BCUT2D eigenvalue weighted by Crippen LogP contribution is 2.29. The third-order valence-corrected chi connectivity index (χ3v) is 4.87. The molecule has 0 aliphatic carbocycles. The van der Waals surface area contributed by atoms with Gasteiger partial charge in [-0.15, -0.1) is 0 Å². The Balaban J connectivity index is 1.96. The summed E-state index contributed by atoms with van der Waals surface area (Å²) in [5.74, 6) is 0.811. The van der Waals surface area contributed by atoms with Gasteiger partial charge in [-0.05, 0) is 46.6 Å². The lowest BCUT2D eigenvalue weighted by Crippen LogP contribution is -2.26. The number of halogens is 1. The van der Waals surface area contributed by atoms with E-state index < -0.39 is 0 Å². The maximum atomic E-state index is 12.4. The molecule has 2 aromatic carbocycles. The largest absolute Gasteiger partial charge is 0.496 e. The first-order chi connectivity index (χ1) is 12.0. The summed E-state index contributed by atoms with van der Waals surface area (Å²) in [6.45, 7) is 4.37. The van der Waals surface area contributed by atoms with Gasteiger partial charge in [-0.1, -0.05) is 30.3 Å². The Morgan fingerprint density at radius 2 is 2.00 bits per heavy atom. The number of rotatable bonds is 5. The van der Waals surface area contributed by atoms with E-state index >= 15 is 0 Å². The van der Waals surface area contributed by atoms with E-state index in [2.05, 4.69) is 38.5 Å². The minimum Gasteiger partial charge on any atom is -0.496 e. The summed E-state index contributed by atoms with van der Waals surface area (Å²) in [4.78, 5) is 12.4. The summed E-state index contributed by atoms with van der Waals surface area (Å²) < 4.78 is 7.45. The molecular formula is C19H20BrN3O2. The summed E-state index contributed by atoms with van der Waals surface area (Å²) in [6, 6.07) is 12.2. The predicted octanol–water partition coefficient (Wildman–Crippen LogP) is 4.36. The first-order valence-electron chi connectivity index (χ1n) is 8.08. The smallest absolute Gasteiger partial charge is 0.283 e. The van der Waals surface area contributed by atoms with Gasteiger partial charge in [0, 0.05) is 12.1 Å². The minimum atomic E-state index is -0.148. The Bertz CT molecular complexity index is 967. The summed E-state index contributed by atoms with van der Waals surface area (Å²) in [7, 11) is 1.66. The minimum absolute atomic E-state index is 0.0102. The number of ether oxygens (including phenoxy) is 1. The number of hydrogen-bond donors (Lipinski definition) is 1. The fourth-order valence-electron chi connectivity index (χ4n) is 2.81. The molecule has 6 heteroatoms. The topological polar surface area (TPSA) is 56.1 Å². The molecule has 0 saturated carbocycles. The molecule has 0 aliphatic rings. The average molecular weight is 402 g/mol. The van der Waals surface area contributed by atoms with E-state index in [9.17, 15) is 4.79 Å². The number of nitrogens with one attached hydrogen (secondary N) is 1. The van der Waals surface area contributed by atoms with Crippen LogP contribution in [0.2, 0.25) is 0 Å². The number of benzene rings is 2. The molecule has 0 unspecified atom stereocenters. The zero-order chi connectivity index (χ0) is 18.0. The van der Waals surface area contributed by atoms with Crippen LogP contribution in [0.25, 0.3) is 10.8 Å². The van der Waals surface area contributed by atoms with Gasteiger partial charge in [-0.2, -0.15) is 5.10 Å². The molecule has 0 saturated heterocycles. The van der Waals surface area contributed by atoms with Crippen LogP contribution in [0.3, 0.4) is 0 Å². The van der Waals surface area contributed by atoms with E-state index in [1.807, 2.05) is 38.1 Å². The number of nitrogens with zero attached hydrogens (tertiary/aromatic N) is 2. The van der Waals surface area contributed by atoms with Gasteiger partial charge in [-0.25, -0.2) is 4.68 Å². The van der Waals surface area contributed by atoms with Crippen LogP contribution in [0.1, 0.15) is 25.5 Å².